The number of hydrogen-bond donors (Lipinski definition) is 1. The van der Waals surface area contributed by atoms with Gasteiger partial charge < -0.3 is 15.5 Å². The van der Waals surface area contributed by atoms with Gasteiger partial charge >= 0.3 is 0 Å². The summed E-state index contributed by atoms with van der Waals surface area (Å²) in [4.78, 5) is 16.2. The van der Waals surface area contributed by atoms with E-state index in [1.807, 2.05) is 11.6 Å². The average Bonchev–Trinajstić information content (AvgIpc) is 3.15. The van der Waals surface area contributed by atoms with Crippen molar-refractivity contribution >= 4 is 22.4 Å². The third-order valence-corrected chi connectivity index (χ3v) is 5.97. The van der Waals surface area contributed by atoms with Gasteiger partial charge in [-0.2, -0.15) is 0 Å². The van der Waals surface area contributed by atoms with Gasteiger partial charge in [0, 0.05) is 43.3 Å². The Morgan fingerprint density at radius 2 is 1.88 bits per heavy atom. The standard InChI is InChI=1S/C17H30N6S/c1-17(2,23-7-4-3-5-8-23)14-20-15(18)21-9-11-22(12-10-21)16-19-6-13-24-16/h6,13H,3-5,7-12,14H2,1-2H3,(H2,18,20). The number of rotatable bonds is 4. The van der Waals surface area contributed by atoms with E-state index < -0.39 is 0 Å². The van der Waals surface area contributed by atoms with Crippen LogP contribution in [-0.4, -0.2) is 72.1 Å². The molecule has 6 nitrogen and oxygen atoms in total. The number of aromatic nitrogens is 1. The first-order chi connectivity index (χ1) is 11.6. The fourth-order valence-corrected chi connectivity index (χ4v) is 4.17. The van der Waals surface area contributed by atoms with Crippen molar-refractivity contribution in [2.45, 2.75) is 38.6 Å². The van der Waals surface area contributed by atoms with E-state index in [9.17, 15) is 0 Å². The molecule has 0 radical (unpaired) electrons. The quantitative estimate of drug-likeness (QED) is 0.663. The number of guanidine groups is 1. The third-order valence-electron chi connectivity index (χ3n) is 5.13. The Morgan fingerprint density at radius 1 is 1.17 bits per heavy atom. The van der Waals surface area contributed by atoms with Crippen LogP contribution in [0.25, 0.3) is 0 Å². The van der Waals surface area contributed by atoms with Crippen molar-refractivity contribution < 1.29 is 0 Å². The summed E-state index contributed by atoms with van der Waals surface area (Å²) in [6, 6.07) is 0. The SMILES string of the molecule is CC(C)(CN=C(N)N1CCN(c2nccs2)CC1)N1CCCCC1. The van der Waals surface area contributed by atoms with Crippen molar-refractivity contribution in [2.24, 2.45) is 10.7 Å². The summed E-state index contributed by atoms with van der Waals surface area (Å²) in [6.45, 7) is 11.5. The third kappa shape index (κ3) is 4.19. The number of piperidine rings is 1. The maximum absolute atomic E-state index is 6.28. The molecule has 1 aromatic rings. The molecule has 0 bridgehead atoms. The van der Waals surface area contributed by atoms with E-state index in [-0.39, 0.29) is 5.54 Å². The largest absolute Gasteiger partial charge is 0.370 e. The minimum Gasteiger partial charge on any atom is -0.370 e. The van der Waals surface area contributed by atoms with Gasteiger partial charge in [-0.3, -0.25) is 9.89 Å². The predicted molar refractivity (Wildman–Crippen MR) is 102 cm³/mol. The average molecular weight is 351 g/mol. The lowest BCUT2D eigenvalue weighted by Gasteiger charge is -2.40. The monoisotopic (exact) mass is 350 g/mol. The predicted octanol–water partition coefficient (Wildman–Crippen LogP) is 1.84. The van der Waals surface area contributed by atoms with Crippen LogP contribution in [0, 0.1) is 0 Å². The number of aliphatic imine (C=N–C) groups is 1. The Balaban J connectivity index is 1.51. The summed E-state index contributed by atoms with van der Waals surface area (Å²) in [6.07, 6.45) is 5.84. The van der Waals surface area contributed by atoms with Crippen molar-refractivity contribution in [3.63, 3.8) is 0 Å². The highest BCUT2D eigenvalue weighted by Gasteiger charge is 2.28. The van der Waals surface area contributed by atoms with Crippen LogP contribution < -0.4 is 10.6 Å². The Morgan fingerprint density at radius 3 is 2.50 bits per heavy atom. The number of likely N-dealkylation sites (tertiary alicyclic amines) is 1. The molecule has 2 aliphatic heterocycles. The molecular formula is C17H30N6S. The lowest BCUT2D eigenvalue weighted by molar-refractivity contribution is 0.102. The zero-order valence-corrected chi connectivity index (χ0v) is 15.8. The second kappa shape index (κ2) is 7.70. The highest BCUT2D eigenvalue weighted by molar-refractivity contribution is 7.13. The fraction of sp³-hybridized carbons (Fsp3) is 0.765. The number of hydrogen-bond acceptors (Lipinski definition) is 5. The summed E-state index contributed by atoms with van der Waals surface area (Å²) in [5, 5.41) is 3.14. The molecule has 7 heteroatoms. The van der Waals surface area contributed by atoms with Crippen LogP contribution >= 0.6 is 11.3 Å². The van der Waals surface area contributed by atoms with E-state index in [1.54, 1.807) is 11.3 Å². The van der Waals surface area contributed by atoms with Gasteiger partial charge in [-0.05, 0) is 39.8 Å². The van der Waals surface area contributed by atoms with Crippen LogP contribution in [0.2, 0.25) is 0 Å². The first kappa shape index (κ1) is 17.5. The molecule has 3 rings (SSSR count). The van der Waals surface area contributed by atoms with Crippen molar-refractivity contribution in [1.82, 2.24) is 14.8 Å². The van der Waals surface area contributed by atoms with Gasteiger partial charge in [-0.1, -0.05) is 6.42 Å². The maximum Gasteiger partial charge on any atom is 0.191 e. The van der Waals surface area contributed by atoms with Gasteiger partial charge in [0.1, 0.15) is 0 Å². The molecule has 24 heavy (non-hydrogen) atoms. The van der Waals surface area contributed by atoms with Gasteiger partial charge in [0.25, 0.3) is 0 Å². The Bertz CT molecular complexity index is 527. The Hall–Kier alpha value is -1.34. The van der Waals surface area contributed by atoms with Gasteiger partial charge in [-0.25, -0.2) is 4.98 Å². The minimum absolute atomic E-state index is 0.0910. The van der Waals surface area contributed by atoms with Gasteiger partial charge in [-0.15, -0.1) is 11.3 Å². The summed E-state index contributed by atoms with van der Waals surface area (Å²) in [5.74, 6) is 0.693. The lowest BCUT2D eigenvalue weighted by atomic mass is 9.99. The first-order valence-electron chi connectivity index (χ1n) is 9.01. The zero-order chi connectivity index (χ0) is 17.0. The van der Waals surface area contributed by atoms with Gasteiger partial charge in [0.2, 0.25) is 0 Å². The molecule has 2 saturated heterocycles. The first-order valence-corrected chi connectivity index (χ1v) is 9.88. The normalized spacial score (nSPS) is 21.3. The number of nitrogens with zero attached hydrogens (tertiary/aromatic N) is 5. The maximum atomic E-state index is 6.28. The molecule has 2 fully saturated rings. The minimum atomic E-state index is 0.0910. The molecule has 0 aliphatic carbocycles. The van der Waals surface area contributed by atoms with Gasteiger partial charge in [0.05, 0.1) is 6.54 Å². The molecule has 2 aliphatic rings. The molecule has 0 atom stereocenters. The van der Waals surface area contributed by atoms with Crippen molar-refractivity contribution in [3.8, 4) is 0 Å². The Kier molecular flexibility index (Phi) is 5.61. The highest BCUT2D eigenvalue weighted by atomic mass is 32.1. The number of anilines is 1. The molecule has 0 amide bonds. The molecule has 3 heterocycles. The molecule has 0 saturated carbocycles. The lowest BCUT2D eigenvalue weighted by Crippen LogP contribution is -2.52. The van der Waals surface area contributed by atoms with Gasteiger partial charge in [0.15, 0.2) is 11.1 Å². The van der Waals surface area contributed by atoms with Crippen LogP contribution in [-0.2, 0) is 0 Å². The summed E-state index contributed by atoms with van der Waals surface area (Å²) in [5.41, 5.74) is 6.37. The summed E-state index contributed by atoms with van der Waals surface area (Å²) < 4.78 is 0. The van der Waals surface area contributed by atoms with E-state index >= 15 is 0 Å². The molecule has 134 valence electrons. The van der Waals surface area contributed by atoms with E-state index in [2.05, 4.69) is 33.5 Å². The van der Waals surface area contributed by atoms with E-state index in [1.165, 1.54) is 32.4 Å². The van der Waals surface area contributed by atoms with E-state index in [4.69, 9.17) is 10.7 Å². The van der Waals surface area contributed by atoms with Crippen LogP contribution in [0.3, 0.4) is 0 Å². The smallest absolute Gasteiger partial charge is 0.191 e. The summed E-state index contributed by atoms with van der Waals surface area (Å²) >= 11 is 1.70. The van der Waals surface area contributed by atoms with Crippen LogP contribution in [0.5, 0.6) is 0 Å². The topological polar surface area (TPSA) is 61.0 Å². The van der Waals surface area contributed by atoms with Crippen LogP contribution in [0.1, 0.15) is 33.1 Å². The fourth-order valence-electron chi connectivity index (χ4n) is 3.47. The van der Waals surface area contributed by atoms with Crippen molar-refractivity contribution in [1.29, 1.82) is 0 Å². The second-order valence-corrected chi connectivity index (χ2v) is 8.20. The van der Waals surface area contributed by atoms with Crippen molar-refractivity contribution in [3.05, 3.63) is 11.6 Å². The molecule has 2 N–H and O–H groups in total. The van der Waals surface area contributed by atoms with E-state index in [0.29, 0.717) is 5.96 Å². The number of thiazole rings is 1. The number of nitrogens with two attached hydrogens (primary N) is 1. The molecule has 0 unspecified atom stereocenters. The Labute approximate surface area is 149 Å². The summed E-state index contributed by atoms with van der Waals surface area (Å²) in [7, 11) is 0. The highest BCUT2D eigenvalue weighted by Crippen LogP contribution is 2.21. The van der Waals surface area contributed by atoms with Crippen molar-refractivity contribution in [2.75, 3.05) is 50.7 Å². The molecule has 0 spiro atoms. The van der Waals surface area contributed by atoms with E-state index in [0.717, 1.165) is 37.9 Å². The zero-order valence-electron chi connectivity index (χ0n) is 14.9. The second-order valence-electron chi connectivity index (χ2n) is 7.32. The molecule has 1 aromatic heterocycles. The molecular weight excluding hydrogens is 320 g/mol. The molecule has 0 aromatic carbocycles. The van der Waals surface area contributed by atoms with Crippen LogP contribution in [0.15, 0.2) is 16.6 Å². The number of piperazine rings is 1. The van der Waals surface area contributed by atoms with Crippen LogP contribution in [0.4, 0.5) is 5.13 Å².